The van der Waals surface area contributed by atoms with Crippen molar-refractivity contribution < 1.29 is 9.46 Å². The van der Waals surface area contributed by atoms with Crippen LogP contribution in [0.4, 0.5) is 0 Å². The van der Waals surface area contributed by atoms with Crippen LogP contribution >= 0.6 is 8.03 Å². The molecule has 0 aromatic heterocycles. The van der Waals surface area contributed by atoms with Gasteiger partial charge in [-0.2, -0.15) is 0 Å². The average Bonchev–Trinajstić information content (AvgIpc) is 2.56. The summed E-state index contributed by atoms with van der Waals surface area (Å²) in [6.07, 6.45) is 0.248. The van der Waals surface area contributed by atoms with Crippen LogP contribution in [0.3, 0.4) is 0 Å². The molecule has 0 saturated heterocycles. The van der Waals surface area contributed by atoms with Gasteiger partial charge >= 0.3 is 0 Å². The molecular formula is C19H17O2P. The number of hydrogen-bond donors (Lipinski definition) is 1. The molecule has 1 N–H and O–H groups in total. The van der Waals surface area contributed by atoms with Crippen LogP contribution in [0.1, 0.15) is 5.56 Å². The molecule has 0 spiro atoms. The van der Waals surface area contributed by atoms with Crippen LogP contribution in [0.15, 0.2) is 78.9 Å². The van der Waals surface area contributed by atoms with Gasteiger partial charge in [0, 0.05) is 6.16 Å². The van der Waals surface area contributed by atoms with Crippen LogP contribution in [-0.4, -0.2) is 4.89 Å². The molecule has 110 valence electrons. The Morgan fingerprint density at radius 2 is 1.05 bits per heavy atom. The second-order valence-electron chi connectivity index (χ2n) is 5.21. The van der Waals surface area contributed by atoms with Crippen LogP contribution in [0.2, 0.25) is 0 Å². The van der Waals surface area contributed by atoms with E-state index in [1.807, 2.05) is 42.5 Å². The van der Waals surface area contributed by atoms with Gasteiger partial charge in [0.05, 0.1) is 0 Å². The Hall–Kier alpha value is -2.15. The minimum absolute atomic E-state index is 0.248. The van der Waals surface area contributed by atoms with Crippen molar-refractivity contribution in [3.8, 4) is 22.3 Å². The van der Waals surface area contributed by atoms with Crippen LogP contribution in [0, 0.1) is 0 Å². The summed E-state index contributed by atoms with van der Waals surface area (Å²) in [4.78, 5) is 8.98. The van der Waals surface area contributed by atoms with E-state index in [1.165, 1.54) is 11.1 Å². The predicted octanol–water partition coefficient (Wildman–Crippen LogP) is 4.99. The van der Waals surface area contributed by atoms with Gasteiger partial charge in [0.1, 0.15) is 0 Å². The minimum Gasteiger partial charge on any atom is -0.346 e. The van der Waals surface area contributed by atoms with Gasteiger partial charge in [-0.25, -0.2) is 0 Å². The summed E-state index contributed by atoms with van der Waals surface area (Å²) < 4.78 is 10.9. The molecule has 0 bridgehead atoms. The van der Waals surface area contributed by atoms with Crippen LogP contribution < -0.4 is 0 Å². The lowest BCUT2D eigenvalue weighted by Gasteiger charge is -2.06. The van der Waals surface area contributed by atoms with Gasteiger partial charge < -0.3 is 4.89 Å². The molecule has 1 unspecified atom stereocenters. The van der Waals surface area contributed by atoms with E-state index in [2.05, 4.69) is 36.4 Å². The van der Waals surface area contributed by atoms with Gasteiger partial charge in [-0.05, 0) is 27.8 Å². The predicted molar refractivity (Wildman–Crippen MR) is 92.2 cm³/mol. The fourth-order valence-electron chi connectivity index (χ4n) is 2.48. The second-order valence-corrected chi connectivity index (χ2v) is 6.35. The summed E-state index contributed by atoms with van der Waals surface area (Å²) in [5, 5.41) is 0. The lowest BCUT2D eigenvalue weighted by Crippen LogP contribution is -1.83. The monoisotopic (exact) mass is 308 g/mol. The van der Waals surface area contributed by atoms with Crippen molar-refractivity contribution in [2.45, 2.75) is 6.16 Å². The van der Waals surface area contributed by atoms with Gasteiger partial charge in [0.25, 0.3) is 0 Å². The van der Waals surface area contributed by atoms with Crippen molar-refractivity contribution in [2.24, 2.45) is 0 Å². The lowest BCUT2D eigenvalue weighted by molar-refractivity contribution is 0.502. The van der Waals surface area contributed by atoms with Crippen LogP contribution in [0.5, 0.6) is 0 Å². The van der Waals surface area contributed by atoms with Crippen LogP contribution in [0.25, 0.3) is 22.3 Å². The van der Waals surface area contributed by atoms with Crippen LogP contribution in [-0.2, 0) is 10.7 Å². The highest BCUT2D eigenvalue weighted by molar-refractivity contribution is 7.37. The number of benzene rings is 3. The summed E-state index contributed by atoms with van der Waals surface area (Å²) in [6, 6.07) is 26.5. The van der Waals surface area contributed by atoms with E-state index in [0.29, 0.717) is 0 Å². The summed E-state index contributed by atoms with van der Waals surface area (Å²) in [5.74, 6) is 0. The van der Waals surface area contributed by atoms with Crippen molar-refractivity contribution in [1.29, 1.82) is 0 Å². The Morgan fingerprint density at radius 3 is 1.50 bits per heavy atom. The zero-order valence-electron chi connectivity index (χ0n) is 12.1. The summed E-state index contributed by atoms with van der Waals surface area (Å²) in [5.41, 5.74) is 5.55. The Bertz CT molecular complexity index is 763. The molecule has 0 saturated carbocycles. The fourth-order valence-corrected chi connectivity index (χ4v) is 3.06. The molecule has 0 amide bonds. The summed E-state index contributed by atoms with van der Waals surface area (Å²) in [7, 11) is -2.45. The first-order valence-corrected chi connectivity index (χ1v) is 8.75. The Kier molecular flexibility index (Phi) is 4.53. The van der Waals surface area contributed by atoms with Gasteiger partial charge in [-0.15, -0.1) is 0 Å². The molecule has 1 atom stereocenters. The molecule has 0 aliphatic heterocycles. The van der Waals surface area contributed by atoms with Gasteiger partial charge in [0.2, 0.25) is 0 Å². The third-order valence-electron chi connectivity index (χ3n) is 3.63. The first-order chi connectivity index (χ1) is 10.7. The molecule has 0 aliphatic carbocycles. The molecule has 0 heterocycles. The van der Waals surface area contributed by atoms with Crippen molar-refractivity contribution in [2.75, 3.05) is 0 Å². The molecule has 0 fully saturated rings. The molecule has 2 nitrogen and oxygen atoms in total. The van der Waals surface area contributed by atoms with Gasteiger partial charge in [0.15, 0.2) is 8.03 Å². The minimum atomic E-state index is -2.45. The summed E-state index contributed by atoms with van der Waals surface area (Å²) >= 11 is 0. The molecule has 22 heavy (non-hydrogen) atoms. The standard InChI is InChI=1S/C19H17O2P/c20-22(21)14-15-6-8-17(9-7-15)19-12-10-18(11-13-19)16-4-2-1-3-5-16/h1-13,22H,14H2,(H,20,21). The topological polar surface area (TPSA) is 37.3 Å². The maximum Gasteiger partial charge on any atom is 0.193 e. The van der Waals surface area contributed by atoms with Crippen molar-refractivity contribution >= 4 is 8.03 Å². The highest BCUT2D eigenvalue weighted by Crippen LogP contribution is 2.27. The van der Waals surface area contributed by atoms with Crippen molar-refractivity contribution in [3.63, 3.8) is 0 Å². The molecule has 3 aromatic rings. The van der Waals surface area contributed by atoms with E-state index in [0.717, 1.165) is 16.7 Å². The lowest BCUT2D eigenvalue weighted by atomic mass is 10.00. The third-order valence-corrected chi connectivity index (χ3v) is 4.35. The number of hydrogen-bond acceptors (Lipinski definition) is 1. The van der Waals surface area contributed by atoms with E-state index in [1.54, 1.807) is 0 Å². The molecule has 3 heteroatoms. The largest absolute Gasteiger partial charge is 0.346 e. The highest BCUT2D eigenvalue weighted by atomic mass is 31.1. The maximum atomic E-state index is 10.9. The first kappa shape index (κ1) is 14.8. The molecule has 0 aliphatic rings. The van der Waals surface area contributed by atoms with E-state index in [9.17, 15) is 4.57 Å². The second kappa shape index (κ2) is 6.74. The molecule has 3 aromatic carbocycles. The molecule has 3 rings (SSSR count). The van der Waals surface area contributed by atoms with Crippen molar-refractivity contribution in [3.05, 3.63) is 84.4 Å². The summed E-state index contributed by atoms with van der Waals surface area (Å²) in [6.45, 7) is 0. The fraction of sp³-hybridized carbons (Fsp3) is 0.0526. The van der Waals surface area contributed by atoms with E-state index in [4.69, 9.17) is 4.89 Å². The quantitative estimate of drug-likeness (QED) is 0.690. The van der Waals surface area contributed by atoms with Gasteiger partial charge in [-0.1, -0.05) is 78.9 Å². The average molecular weight is 308 g/mol. The normalized spacial score (nSPS) is 12.0. The Morgan fingerprint density at radius 1 is 0.636 bits per heavy atom. The van der Waals surface area contributed by atoms with E-state index in [-0.39, 0.29) is 6.16 Å². The first-order valence-electron chi connectivity index (χ1n) is 7.19. The molecular weight excluding hydrogens is 291 g/mol. The van der Waals surface area contributed by atoms with Gasteiger partial charge in [-0.3, -0.25) is 4.57 Å². The Balaban J connectivity index is 1.82. The zero-order valence-corrected chi connectivity index (χ0v) is 13.1. The Labute approximate surface area is 130 Å². The smallest absolute Gasteiger partial charge is 0.193 e. The highest BCUT2D eigenvalue weighted by Gasteiger charge is 2.02. The van der Waals surface area contributed by atoms with E-state index >= 15 is 0 Å². The zero-order chi connectivity index (χ0) is 15.4. The molecule has 0 radical (unpaired) electrons. The van der Waals surface area contributed by atoms with E-state index < -0.39 is 8.03 Å². The van der Waals surface area contributed by atoms with Crippen molar-refractivity contribution in [1.82, 2.24) is 0 Å². The third kappa shape index (κ3) is 3.54. The SMILES string of the molecule is O=[PH](O)Cc1ccc(-c2ccc(-c3ccccc3)cc2)cc1. The number of rotatable bonds is 4. The maximum absolute atomic E-state index is 10.9.